The van der Waals surface area contributed by atoms with Crippen molar-refractivity contribution in [2.75, 3.05) is 46.8 Å². The monoisotopic (exact) mass is 449 g/mol. The molecule has 3 aromatic rings. The van der Waals surface area contributed by atoms with Gasteiger partial charge in [-0.15, -0.1) is 0 Å². The fourth-order valence-corrected chi connectivity index (χ4v) is 5.21. The highest BCUT2D eigenvalue weighted by molar-refractivity contribution is 5.69. The Hall–Kier alpha value is -3.32. The Labute approximate surface area is 194 Å². The van der Waals surface area contributed by atoms with E-state index in [4.69, 9.17) is 18.9 Å². The molecule has 1 N–H and O–H groups in total. The Morgan fingerprint density at radius 2 is 1.61 bits per heavy atom. The number of likely N-dealkylation sites (tertiary alicyclic amines) is 1. The van der Waals surface area contributed by atoms with Crippen LogP contribution in [0, 0.1) is 0 Å². The zero-order valence-corrected chi connectivity index (χ0v) is 19.7. The van der Waals surface area contributed by atoms with Gasteiger partial charge in [0.05, 0.1) is 45.4 Å². The highest BCUT2D eigenvalue weighted by Crippen LogP contribution is 2.45. The highest BCUT2D eigenvalue weighted by Gasteiger charge is 2.41. The Morgan fingerprint density at radius 3 is 2.24 bits per heavy atom. The molecule has 2 aliphatic rings. The molecule has 33 heavy (non-hydrogen) atoms. The average molecular weight is 450 g/mol. The predicted molar refractivity (Wildman–Crippen MR) is 128 cm³/mol. The standard InChI is InChI=1S/C26H31N3O4/c1-30-19-7-8-21-20(16-19)27-26(24-6-5-11-29(21)24)9-12-28(13-10-26)17-18-14-22(31-2)25(33-4)23(15-18)32-3/h5-8,11,14-16,27H,9-10,12-13,17H2,1-4H3. The third kappa shape index (κ3) is 3.66. The van der Waals surface area contributed by atoms with E-state index in [2.05, 4.69) is 45.2 Å². The number of aromatic nitrogens is 1. The molecule has 1 fully saturated rings. The smallest absolute Gasteiger partial charge is 0.203 e. The van der Waals surface area contributed by atoms with Crippen LogP contribution in [0.2, 0.25) is 0 Å². The van der Waals surface area contributed by atoms with Crippen LogP contribution in [-0.2, 0) is 12.1 Å². The van der Waals surface area contributed by atoms with Crippen molar-refractivity contribution in [3.05, 3.63) is 59.9 Å². The molecule has 0 unspecified atom stereocenters. The van der Waals surface area contributed by atoms with Gasteiger partial charge in [-0.25, -0.2) is 0 Å². The molecule has 1 spiro atoms. The van der Waals surface area contributed by atoms with Crippen molar-refractivity contribution in [1.82, 2.24) is 9.47 Å². The molecule has 7 nitrogen and oxygen atoms in total. The normalized spacial score (nSPS) is 16.5. The SMILES string of the molecule is COc1ccc2c(c1)NC1(CCN(Cc3cc(OC)c(OC)c(OC)c3)CC1)c1cccn1-2. The molecule has 174 valence electrons. The van der Waals surface area contributed by atoms with Crippen LogP contribution in [0.1, 0.15) is 24.1 Å². The summed E-state index contributed by atoms with van der Waals surface area (Å²) in [6, 6.07) is 14.7. The van der Waals surface area contributed by atoms with E-state index in [0.717, 1.165) is 49.5 Å². The summed E-state index contributed by atoms with van der Waals surface area (Å²) in [5, 5.41) is 3.88. The van der Waals surface area contributed by atoms with Gasteiger partial charge in [-0.05, 0) is 54.8 Å². The Morgan fingerprint density at radius 1 is 0.879 bits per heavy atom. The second kappa shape index (κ2) is 8.56. The Balaban J connectivity index is 1.36. The number of hydrogen-bond donors (Lipinski definition) is 1. The zero-order valence-electron chi connectivity index (χ0n) is 19.7. The Bertz CT molecular complexity index is 1120. The van der Waals surface area contributed by atoms with Crippen LogP contribution >= 0.6 is 0 Å². The molecule has 0 radical (unpaired) electrons. The number of piperidine rings is 1. The largest absolute Gasteiger partial charge is 0.497 e. The van der Waals surface area contributed by atoms with Gasteiger partial charge in [0.2, 0.25) is 5.75 Å². The topological polar surface area (TPSA) is 57.1 Å². The first-order chi connectivity index (χ1) is 16.1. The third-order valence-electron chi connectivity index (χ3n) is 6.92. The third-order valence-corrected chi connectivity index (χ3v) is 6.92. The number of anilines is 1. The van der Waals surface area contributed by atoms with E-state index in [1.54, 1.807) is 28.4 Å². The lowest BCUT2D eigenvalue weighted by molar-refractivity contribution is 0.161. The van der Waals surface area contributed by atoms with Crippen molar-refractivity contribution >= 4 is 5.69 Å². The maximum Gasteiger partial charge on any atom is 0.203 e. The van der Waals surface area contributed by atoms with Crippen LogP contribution in [0.5, 0.6) is 23.0 Å². The van der Waals surface area contributed by atoms with Gasteiger partial charge >= 0.3 is 0 Å². The van der Waals surface area contributed by atoms with E-state index in [0.29, 0.717) is 17.2 Å². The molecule has 1 aromatic heterocycles. The Kier molecular flexibility index (Phi) is 5.58. The summed E-state index contributed by atoms with van der Waals surface area (Å²) in [4.78, 5) is 2.49. The summed E-state index contributed by atoms with van der Waals surface area (Å²) < 4.78 is 24.3. The molecule has 1 saturated heterocycles. The maximum absolute atomic E-state index is 5.53. The molecule has 0 aliphatic carbocycles. The number of methoxy groups -OCH3 is 4. The summed E-state index contributed by atoms with van der Waals surface area (Å²) in [6.07, 6.45) is 4.18. The van der Waals surface area contributed by atoms with Gasteiger partial charge < -0.3 is 28.8 Å². The molecule has 0 saturated carbocycles. The van der Waals surface area contributed by atoms with Crippen molar-refractivity contribution < 1.29 is 18.9 Å². The lowest BCUT2D eigenvalue weighted by Crippen LogP contribution is -2.49. The fraction of sp³-hybridized carbons (Fsp3) is 0.385. The minimum Gasteiger partial charge on any atom is -0.497 e. The number of benzene rings is 2. The lowest BCUT2D eigenvalue weighted by atomic mass is 9.82. The van der Waals surface area contributed by atoms with Crippen LogP contribution in [-0.4, -0.2) is 51.0 Å². The molecule has 7 heteroatoms. The lowest BCUT2D eigenvalue weighted by Gasteiger charge is -2.46. The summed E-state index contributed by atoms with van der Waals surface area (Å²) >= 11 is 0. The first-order valence-electron chi connectivity index (χ1n) is 11.3. The van der Waals surface area contributed by atoms with E-state index >= 15 is 0 Å². The van der Waals surface area contributed by atoms with E-state index in [9.17, 15) is 0 Å². The molecule has 5 rings (SSSR count). The summed E-state index contributed by atoms with van der Waals surface area (Å²) in [5.41, 5.74) is 4.68. The molecular formula is C26H31N3O4. The summed E-state index contributed by atoms with van der Waals surface area (Å²) in [7, 11) is 6.65. The van der Waals surface area contributed by atoms with Crippen LogP contribution in [0.3, 0.4) is 0 Å². The molecule has 3 heterocycles. The van der Waals surface area contributed by atoms with E-state index < -0.39 is 0 Å². The summed E-state index contributed by atoms with van der Waals surface area (Å²) in [6.45, 7) is 2.79. The predicted octanol–water partition coefficient (Wildman–Crippen LogP) is 4.43. The van der Waals surface area contributed by atoms with Crippen LogP contribution in [0.25, 0.3) is 5.69 Å². The quantitative estimate of drug-likeness (QED) is 0.601. The first-order valence-corrected chi connectivity index (χ1v) is 11.3. The van der Waals surface area contributed by atoms with Gasteiger partial charge in [0, 0.05) is 37.6 Å². The van der Waals surface area contributed by atoms with Crippen molar-refractivity contribution in [3.8, 4) is 28.7 Å². The van der Waals surface area contributed by atoms with Gasteiger partial charge in [-0.1, -0.05) is 0 Å². The average Bonchev–Trinajstić information content (AvgIpc) is 3.36. The van der Waals surface area contributed by atoms with Gasteiger partial charge in [-0.3, -0.25) is 4.90 Å². The minimum atomic E-state index is -0.0886. The van der Waals surface area contributed by atoms with Gasteiger partial charge in [-0.2, -0.15) is 0 Å². The van der Waals surface area contributed by atoms with Gasteiger partial charge in [0.1, 0.15) is 5.75 Å². The number of rotatable bonds is 6. The van der Waals surface area contributed by atoms with Crippen molar-refractivity contribution in [2.45, 2.75) is 24.9 Å². The number of nitrogens with zero attached hydrogens (tertiary/aromatic N) is 2. The highest BCUT2D eigenvalue weighted by atomic mass is 16.5. The van der Waals surface area contributed by atoms with Gasteiger partial charge in [0.15, 0.2) is 11.5 Å². The van der Waals surface area contributed by atoms with Crippen molar-refractivity contribution in [2.24, 2.45) is 0 Å². The van der Waals surface area contributed by atoms with Crippen molar-refractivity contribution in [1.29, 1.82) is 0 Å². The minimum absolute atomic E-state index is 0.0886. The fourth-order valence-electron chi connectivity index (χ4n) is 5.21. The second-order valence-electron chi connectivity index (χ2n) is 8.66. The number of fused-ring (bicyclic) bond motifs is 4. The summed E-state index contributed by atoms with van der Waals surface area (Å²) in [5.74, 6) is 2.88. The molecule has 2 aromatic carbocycles. The van der Waals surface area contributed by atoms with E-state index in [1.165, 1.54) is 11.4 Å². The van der Waals surface area contributed by atoms with Crippen LogP contribution in [0.15, 0.2) is 48.7 Å². The van der Waals surface area contributed by atoms with E-state index in [-0.39, 0.29) is 5.54 Å². The maximum atomic E-state index is 5.53. The second-order valence-corrected chi connectivity index (χ2v) is 8.66. The number of nitrogens with one attached hydrogen (secondary N) is 1. The molecule has 0 bridgehead atoms. The van der Waals surface area contributed by atoms with Crippen LogP contribution < -0.4 is 24.3 Å². The van der Waals surface area contributed by atoms with E-state index in [1.807, 2.05) is 18.2 Å². The van der Waals surface area contributed by atoms with Crippen molar-refractivity contribution in [3.63, 3.8) is 0 Å². The molecular weight excluding hydrogens is 418 g/mol. The number of ether oxygens (including phenoxy) is 4. The molecule has 0 atom stereocenters. The molecule has 0 amide bonds. The first kappa shape index (κ1) is 21.5. The number of hydrogen-bond acceptors (Lipinski definition) is 6. The van der Waals surface area contributed by atoms with Gasteiger partial charge in [0.25, 0.3) is 0 Å². The zero-order chi connectivity index (χ0) is 23.0. The van der Waals surface area contributed by atoms with Crippen LogP contribution in [0.4, 0.5) is 5.69 Å². The molecule has 2 aliphatic heterocycles.